The first kappa shape index (κ1) is 13.3. The number of carbonyl (C=O) groups excluding carboxylic acids is 1. The van der Waals surface area contributed by atoms with Crippen molar-refractivity contribution < 1.29 is 19.0 Å². The zero-order chi connectivity index (χ0) is 14.2. The van der Waals surface area contributed by atoms with E-state index < -0.39 is 0 Å². The van der Waals surface area contributed by atoms with E-state index in [2.05, 4.69) is 13.8 Å². The highest BCUT2D eigenvalue weighted by Gasteiger charge is 2.36. The van der Waals surface area contributed by atoms with Crippen LogP contribution in [-0.2, 0) is 4.79 Å². The lowest BCUT2D eigenvalue weighted by Gasteiger charge is -2.37. The molecule has 1 atom stereocenters. The van der Waals surface area contributed by atoms with E-state index in [1.165, 1.54) is 0 Å². The summed E-state index contributed by atoms with van der Waals surface area (Å²) >= 11 is 0. The number of carbonyl (C=O) groups is 1. The first-order valence-corrected chi connectivity index (χ1v) is 7.09. The molecule has 4 nitrogen and oxygen atoms in total. The van der Waals surface area contributed by atoms with Gasteiger partial charge in [0.05, 0.1) is 6.61 Å². The first-order chi connectivity index (χ1) is 9.54. The second-order valence-electron chi connectivity index (χ2n) is 6.25. The van der Waals surface area contributed by atoms with Gasteiger partial charge in [0.1, 0.15) is 11.5 Å². The largest absolute Gasteiger partial charge is 0.493 e. The van der Waals surface area contributed by atoms with E-state index in [4.69, 9.17) is 14.2 Å². The number of hydrogen-bond acceptors (Lipinski definition) is 4. The molecule has 1 aliphatic heterocycles. The Bertz CT molecular complexity index is 521. The van der Waals surface area contributed by atoms with E-state index in [0.717, 1.165) is 23.7 Å². The summed E-state index contributed by atoms with van der Waals surface area (Å²) in [5.74, 6) is 2.87. The maximum atomic E-state index is 11.6. The number of ketones is 1. The molecule has 108 valence electrons. The van der Waals surface area contributed by atoms with Crippen LogP contribution < -0.4 is 14.2 Å². The Balaban J connectivity index is 1.65. The summed E-state index contributed by atoms with van der Waals surface area (Å²) in [5.41, 5.74) is 0.157. The monoisotopic (exact) mass is 276 g/mol. The lowest BCUT2D eigenvalue weighted by atomic mass is 9.69. The van der Waals surface area contributed by atoms with E-state index in [0.29, 0.717) is 25.2 Å². The minimum atomic E-state index is 0.157. The molecule has 20 heavy (non-hydrogen) atoms. The van der Waals surface area contributed by atoms with Crippen LogP contribution in [0.15, 0.2) is 18.2 Å². The summed E-state index contributed by atoms with van der Waals surface area (Å²) in [5, 5.41) is 0. The zero-order valence-corrected chi connectivity index (χ0v) is 12.0. The van der Waals surface area contributed by atoms with E-state index >= 15 is 0 Å². The summed E-state index contributed by atoms with van der Waals surface area (Å²) in [7, 11) is 0. The number of benzene rings is 1. The van der Waals surface area contributed by atoms with Crippen molar-refractivity contribution in [1.82, 2.24) is 0 Å². The fraction of sp³-hybridized carbons (Fsp3) is 0.562. The fourth-order valence-electron chi connectivity index (χ4n) is 2.77. The number of rotatable bonds is 3. The molecule has 1 unspecified atom stereocenters. The molecular weight excluding hydrogens is 256 g/mol. The Morgan fingerprint density at radius 2 is 2.10 bits per heavy atom. The second-order valence-corrected chi connectivity index (χ2v) is 6.25. The molecule has 2 aliphatic rings. The summed E-state index contributed by atoms with van der Waals surface area (Å²) in [6.07, 6.45) is 2.27. The highest BCUT2D eigenvalue weighted by Crippen LogP contribution is 2.40. The Labute approximate surface area is 119 Å². The smallest absolute Gasteiger partial charge is 0.231 e. The molecule has 0 bridgehead atoms. The summed E-state index contributed by atoms with van der Waals surface area (Å²) in [6.45, 7) is 5.27. The van der Waals surface area contributed by atoms with Crippen LogP contribution in [0.3, 0.4) is 0 Å². The van der Waals surface area contributed by atoms with Gasteiger partial charge in [-0.2, -0.15) is 0 Å². The molecule has 1 aromatic rings. The van der Waals surface area contributed by atoms with Crippen molar-refractivity contribution in [3.63, 3.8) is 0 Å². The number of Topliss-reactive ketones (excluding diaryl/α,β-unsaturated/α-hetero) is 1. The van der Waals surface area contributed by atoms with Gasteiger partial charge >= 0.3 is 0 Å². The third kappa shape index (κ3) is 2.60. The average molecular weight is 276 g/mol. The van der Waals surface area contributed by atoms with Crippen molar-refractivity contribution in [2.75, 3.05) is 13.4 Å². The van der Waals surface area contributed by atoms with Crippen LogP contribution in [0.25, 0.3) is 0 Å². The number of hydrogen-bond donors (Lipinski definition) is 0. The fourth-order valence-corrected chi connectivity index (χ4v) is 2.77. The molecule has 0 radical (unpaired) electrons. The van der Waals surface area contributed by atoms with Crippen molar-refractivity contribution >= 4 is 5.78 Å². The van der Waals surface area contributed by atoms with Gasteiger partial charge in [0.25, 0.3) is 0 Å². The normalized spacial score (nSPS) is 23.7. The predicted octanol–water partition coefficient (Wildman–Crippen LogP) is 3.19. The Hall–Kier alpha value is -1.71. The topological polar surface area (TPSA) is 44.8 Å². The molecule has 0 aromatic heterocycles. The highest BCUT2D eigenvalue weighted by molar-refractivity contribution is 5.79. The van der Waals surface area contributed by atoms with Crippen LogP contribution in [0, 0.1) is 11.3 Å². The van der Waals surface area contributed by atoms with Gasteiger partial charge in [-0.3, -0.25) is 4.79 Å². The SMILES string of the molecule is CC1(C)CCC(=O)CC1COc1ccc2c(c1)OCO2. The van der Waals surface area contributed by atoms with Gasteiger partial charge in [-0.1, -0.05) is 13.8 Å². The third-order valence-electron chi connectivity index (χ3n) is 4.42. The van der Waals surface area contributed by atoms with Gasteiger partial charge < -0.3 is 14.2 Å². The predicted molar refractivity (Wildman–Crippen MR) is 74.2 cm³/mol. The molecule has 1 fully saturated rings. The van der Waals surface area contributed by atoms with Crippen molar-refractivity contribution in [3.8, 4) is 17.2 Å². The number of fused-ring (bicyclic) bond motifs is 1. The van der Waals surface area contributed by atoms with E-state index in [-0.39, 0.29) is 18.1 Å². The molecule has 1 aliphatic carbocycles. The molecule has 1 saturated carbocycles. The second kappa shape index (κ2) is 5.00. The molecule has 0 saturated heterocycles. The summed E-state index contributed by atoms with van der Waals surface area (Å²) < 4.78 is 16.5. The molecule has 0 N–H and O–H groups in total. The van der Waals surface area contributed by atoms with Gasteiger partial charge in [0.15, 0.2) is 11.5 Å². The zero-order valence-electron chi connectivity index (χ0n) is 12.0. The van der Waals surface area contributed by atoms with Crippen molar-refractivity contribution in [1.29, 1.82) is 0 Å². The van der Waals surface area contributed by atoms with E-state index in [1.807, 2.05) is 18.2 Å². The van der Waals surface area contributed by atoms with Crippen LogP contribution >= 0.6 is 0 Å². The molecular formula is C16H20O4. The maximum absolute atomic E-state index is 11.6. The van der Waals surface area contributed by atoms with Gasteiger partial charge in [-0.25, -0.2) is 0 Å². The third-order valence-corrected chi connectivity index (χ3v) is 4.42. The van der Waals surface area contributed by atoms with E-state index in [9.17, 15) is 4.79 Å². The Kier molecular flexibility index (Phi) is 3.32. The maximum Gasteiger partial charge on any atom is 0.231 e. The lowest BCUT2D eigenvalue weighted by Crippen LogP contribution is -2.35. The van der Waals surface area contributed by atoms with Crippen LogP contribution in [-0.4, -0.2) is 19.2 Å². The van der Waals surface area contributed by atoms with Gasteiger partial charge in [-0.05, 0) is 24.0 Å². The van der Waals surface area contributed by atoms with Crippen molar-refractivity contribution in [3.05, 3.63) is 18.2 Å². The van der Waals surface area contributed by atoms with Crippen molar-refractivity contribution in [2.24, 2.45) is 11.3 Å². The minimum Gasteiger partial charge on any atom is -0.493 e. The molecule has 3 rings (SSSR count). The molecule has 0 amide bonds. The highest BCUT2D eigenvalue weighted by atomic mass is 16.7. The summed E-state index contributed by atoms with van der Waals surface area (Å²) in [4.78, 5) is 11.6. The van der Waals surface area contributed by atoms with Gasteiger partial charge in [0.2, 0.25) is 6.79 Å². The van der Waals surface area contributed by atoms with E-state index in [1.54, 1.807) is 0 Å². The van der Waals surface area contributed by atoms with Gasteiger partial charge in [0, 0.05) is 24.8 Å². The first-order valence-electron chi connectivity index (χ1n) is 7.09. The molecule has 1 aromatic carbocycles. The Morgan fingerprint density at radius 3 is 2.95 bits per heavy atom. The quantitative estimate of drug-likeness (QED) is 0.850. The van der Waals surface area contributed by atoms with Crippen molar-refractivity contribution in [2.45, 2.75) is 33.1 Å². The van der Waals surface area contributed by atoms with Crippen LogP contribution in [0.1, 0.15) is 33.1 Å². The molecule has 1 heterocycles. The minimum absolute atomic E-state index is 0.157. The number of ether oxygens (including phenoxy) is 3. The van der Waals surface area contributed by atoms with Crippen LogP contribution in [0.2, 0.25) is 0 Å². The standard InChI is InChI=1S/C16H20O4/c1-16(2)6-5-12(17)7-11(16)9-18-13-3-4-14-15(8-13)20-10-19-14/h3-4,8,11H,5-7,9-10H2,1-2H3. The van der Waals surface area contributed by atoms with Crippen LogP contribution in [0.4, 0.5) is 0 Å². The average Bonchev–Trinajstić information content (AvgIpc) is 2.87. The molecule has 4 heteroatoms. The van der Waals surface area contributed by atoms with Gasteiger partial charge in [-0.15, -0.1) is 0 Å². The Morgan fingerprint density at radius 1 is 1.30 bits per heavy atom. The van der Waals surface area contributed by atoms with Crippen LogP contribution in [0.5, 0.6) is 17.2 Å². The lowest BCUT2D eigenvalue weighted by molar-refractivity contribution is -0.125. The molecule has 0 spiro atoms. The summed E-state index contributed by atoms with van der Waals surface area (Å²) in [6, 6.07) is 5.58.